The van der Waals surface area contributed by atoms with Gasteiger partial charge in [0, 0.05) is 11.6 Å². The number of carbonyl (C=O) groups excluding carboxylic acids is 2. The zero-order valence-electron chi connectivity index (χ0n) is 10.4. The monoisotopic (exact) mass is 259 g/mol. The van der Waals surface area contributed by atoms with Gasteiger partial charge < -0.3 is 5.11 Å². The number of para-hydroxylation sites is 1. The van der Waals surface area contributed by atoms with Gasteiger partial charge in [-0.1, -0.05) is 18.2 Å². The highest BCUT2D eigenvalue weighted by Gasteiger charge is 2.15. The smallest absolute Gasteiger partial charge is 0.307 e. The van der Waals surface area contributed by atoms with Crippen LogP contribution in [0, 0.1) is 0 Å². The van der Waals surface area contributed by atoms with Crippen molar-refractivity contribution in [1.82, 2.24) is 4.57 Å². The molecule has 1 N–H and O–H groups in total. The summed E-state index contributed by atoms with van der Waals surface area (Å²) >= 11 is 0. The van der Waals surface area contributed by atoms with Crippen LogP contribution in [0.25, 0.3) is 10.9 Å². The Hall–Kier alpha value is -2.43. The van der Waals surface area contributed by atoms with E-state index >= 15 is 0 Å². The van der Waals surface area contributed by atoms with Crippen LogP contribution in [0.4, 0.5) is 0 Å². The predicted octanol–water partition coefficient (Wildman–Crippen LogP) is 1.89. The molecule has 0 bridgehead atoms. The number of ketones is 1. The van der Waals surface area contributed by atoms with Crippen LogP contribution in [0.15, 0.2) is 30.5 Å². The second-order valence-corrected chi connectivity index (χ2v) is 4.38. The van der Waals surface area contributed by atoms with Crippen LogP contribution in [-0.2, 0) is 16.0 Å². The first-order valence-electron chi connectivity index (χ1n) is 5.82. The highest BCUT2D eigenvalue weighted by molar-refractivity contribution is 6.03. The third-order valence-electron chi connectivity index (χ3n) is 2.81. The maximum atomic E-state index is 12.0. The average molecular weight is 259 g/mol. The lowest BCUT2D eigenvalue weighted by Crippen LogP contribution is -2.12. The molecule has 0 unspecified atom stereocenters. The normalized spacial score (nSPS) is 10.6. The van der Waals surface area contributed by atoms with Crippen LogP contribution in [0.3, 0.4) is 0 Å². The zero-order chi connectivity index (χ0) is 14.0. The molecule has 1 aromatic heterocycles. The minimum Gasteiger partial charge on any atom is -0.481 e. The first-order valence-corrected chi connectivity index (χ1v) is 5.82. The Labute approximate surface area is 109 Å². The highest BCUT2D eigenvalue weighted by atomic mass is 16.4. The lowest BCUT2D eigenvalue weighted by atomic mass is 10.1. The van der Waals surface area contributed by atoms with Crippen LogP contribution < -0.4 is 0 Å². The molecule has 0 aliphatic rings. The molecule has 0 aliphatic carbocycles. The van der Waals surface area contributed by atoms with E-state index in [1.807, 2.05) is 0 Å². The van der Waals surface area contributed by atoms with Gasteiger partial charge in [-0.15, -0.1) is 0 Å². The summed E-state index contributed by atoms with van der Waals surface area (Å²) in [6, 6.07) is 7.06. The third kappa shape index (κ3) is 2.70. The van der Waals surface area contributed by atoms with E-state index in [2.05, 4.69) is 0 Å². The maximum Gasteiger partial charge on any atom is 0.307 e. The van der Waals surface area contributed by atoms with Crippen LogP contribution >= 0.6 is 0 Å². The molecule has 0 atom stereocenters. The number of Topliss-reactive ketones (excluding diaryl/α,β-unsaturated/α-hetero) is 1. The number of rotatable bonds is 4. The largest absolute Gasteiger partial charge is 0.481 e. The fourth-order valence-electron chi connectivity index (χ4n) is 2.06. The second-order valence-electron chi connectivity index (χ2n) is 4.38. The van der Waals surface area contributed by atoms with Gasteiger partial charge in [-0.2, -0.15) is 0 Å². The van der Waals surface area contributed by atoms with Gasteiger partial charge in [-0.05, 0) is 18.6 Å². The van der Waals surface area contributed by atoms with Gasteiger partial charge in [0.2, 0.25) is 5.91 Å². The number of aliphatic carboxylic acids is 1. The predicted molar refractivity (Wildman–Crippen MR) is 69.2 cm³/mol. The minimum atomic E-state index is -0.957. The first kappa shape index (κ1) is 13.0. The van der Waals surface area contributed by atoms with Gasteiger partial charge >= 0.3 is 5.97 Å². The molecule has 2 aromatic rings. The molecule has 0 saturated heterocycles. The molecule has 5 nitrogen and oxygen atoms in total. The van der Waals surface area contributed by atoms with Gasteiger partial charge in [-0.25, -0.2) is 0 Å². The molecular weight excluding hydrogens is 246 g/mol. The standard InChI is InChI=1S/C14H13NO4/c1-9(16)6-13(17)15-8-10(7-14(18)19)11-4-2-3-5-12(11)15/h2-5,8H,6-7H2,1H3,(H,18,19). The lowest BCUT2D eigenvalue weighted by molar-refractivity contribution is -0.136. The molecule has 19 heavy (non-hydrogen) atoms. The molecule has 1 aromatic carbocycles. The van der Waals surface area contributed by atoms with Crippen molar-refractivity contribution in [3.63, 3.8) is 0 Å². The average Bonchev–Trinajstić information content (AvgIpc) is 2.67. The topological polar surface area (TPSA) is 76.4 Å². The first-order chi connectivity index (χ1) is 8.99. The number of carbonyl (C=O) groups is 3. The molecule has 0 spiro atoms. The fraction of sp³-hybridized carbons (Fsp3) is 0.214. The van der Waals surface area contributed by atoms with E-state index in [4.69, 9.17) is 5.11 Å². The van der Waals surface area contributed by atoms with Crippen molar-refractivity contribution in [3.8, 4) is 0 Å². The number of aromatic nitrogens is 1. The Morgan fingerprint density at radius 3 is 2.53 bits per heavy atom. The Kier molecular flexibility index (Phi) is 3.46. The number of benzene rings is 1. The van der Waals surface area contributed by atoms with Gasteiger partial charge in [0.05, 0.1) is 18.4 Å². The Morgan fingerprint density at radius 1 is 1.21 bits per heavy atom. The van der Waals surface area contributed by atoms with E-state index in [1.54, 1.807) is 24.3 Å². The maximum absolute atomic E-state index is 12.0. The van der Waals surface area contributed by atoms with Gasteiger partial charge in [0.25, 0.3) is 0 Å². The summed E-state index contributed by atoms with van der Waals surface area (Å²) in [6.07, 6.45) is 1.16. The number of carboxylic acid groups (broad SMARTS) is 1. The molecule has 0 aliphatic heterocycles. The van der Waals surface area contributed by atoms with Crippen LogP contribution in [-0.4, -0.2) is 27.3 Å². The van der Waals surface area contributed by atoms with Crippen LogP contribution in [0.2, 0.25) is 0 Å². The molecule has 0 radical (unpaired) electrons. The van der Waals surface area contributed by atoms with Crippen molar-refractivity contribution in [1.29, 1.82) is 0 Å². The van der Waals surface area contributed by atoms with Crippen molar-refractivity contribution in [2.24, 2.45) is 0 Å². The highest BCUT2D eigenvalue weighted by Crippen LogP contribution is 2.22. The molecule has 0 saturated carbocycles. The Bertz CT molecular complexity index is 669. The van der Waals surface area contributed by atoms with E-state index in [-0.39, 0.29) is 24.5 Å². The fourth-order valence-corrected chi connectivity index (χ4v) is 2.06. The summed E-state index contributed by atoms with van der Waals surface area (Å²) in [7, 11) is 0. The van der Waals surface area contributed by atoms with E-state index in [9.17, 15) is 14.4 Å². The molecule has 2 rings (SSSR count). The third-order valence-corrected chi connectivity index (χ3v) is 2.81. The van der Waals surface area contributed by atoms with E-state index in [1.165, 1.54) is 17.7 Å². The van der Waals surface area contributed by atoms with Gasteiger partial charge in [0.1, 0.15) is 5.78 Å². The molecule has 1 heterocycles. The van der Waals surface area contributed by atoms with Crippen LogP contribution in [0.1, 0.15) is 23.7 Å². The minimum absolute atomic E-state index is 0.152. The summed E-state index contributed by atoms with van der Waals surface area (Å²) in [5, 5.41) is 9.60. The number of hydrogen-bond donors (Lipinski definition) is 1. The molecule has 0 amide bonds. The van der Waals surface area contributed by atoms with Crippen molar-refractivity contribution >= 4 is 28.6 Å². The molecule has 0 fully saturated rings. The van der Waals surface area contributed by atoms with Crippen molar-refractivity contribution in [2.45, 2.75) is 19.8 Å². The summed E-state index contributed by atoms with van der Waals surface area (Å²) in [6.45, 7) is 1.35. The van der Waals surface area contributed by atoms with Crippen molar-refractivity contribution < 1.29 is 19.5 Å². The Morgan fingerprint density at radius 2 is 1.89 bits per heavy atom. The number of fused-ring (bicyclic) bond motifs is 1. The summed E-state index contributed by atoms with van der Waals surface area (Å²) < 4.78 is 1.36. The van der Waals surface area contributed by atoms with E-state index < -0.39 is 5.97 Å². The zero-order valence-corrected chi connectivity index (χ0v) is 10.4. The number of nitrogens with zero attached hydrogens (tertiary/aromatic N) is 1. The second kappa shape index (κ2) is 5.06. The summed E-state index contributed by atoms with van der Waals surface area (Å²) in [5.74, 6) is -1.52. The summed E-state index contributed by atoms with van der Waals surface area (Å²) in [4.78, 5) is 33.8. The van der Waals surface area contributed by atoms with Gasteiger partial charge in [0.15, 0.2) is 0 Å². The molecule has 5 heteroatoms. The van der Waals surface area contributed by atoms with Crippen molar-refractivity contribution in [2.75, 3.05) is 0 Å². The molecular formula is C14H13NO4. The molecule has 98 valence electrons. The quantitative estimate of drug-likeness (QED) is 0.850. The number of carboxylic acids is 1. The van der Waals surface area contributed by atoms with E-state index in [0.717, 1.165) is 5.39 Å². The SMILES string of the molecule is CC(=O)CC(=O)n1cc(CC(=O)O)c2ccccc21. The summed E-state index contributed by atoms with van der Waals surface area (Å²) in [5.41, 5.74) is 1.20. The Balaban J connectivity index is 2.52. The lowest BCUT2D eigenvalue weighted by Gasteiger charge is -2.01. The van der Waals surface area contributed by atoms with Crippen LogP contribution in [0.5, 0.6) is 0 Å². The van der Waals surface area contributed by atoms with E-state index in [0.29, 0.717) is 11.1 Å². The number of hydrogen-bond acceptors (Lipinski definition) is 3. The van der Waals surface area contributed by atoms with Gasteiger partial charge in [-0.3, -0.25) is 19.0 Å². The van der Waals surface area contributed by atoms with Crippen molar-refractivity contribution in [3.05, 3.63) is 36.0 Å².